The van der Waals surface area contributed by atoms with Crippen molar-refractivity contribution in [2.45, 2.75) is 39.8 Å². The third-order valence-corrected chi connectivity index (χ3v) is 5.29. The van der Waals surface area contributed by atoms with Crippen molar-refractivity contribution in [2.75, 3.05) is 20.2 Å². The summed E-state index contributed by atoms with van der Waals surface area (Å²) in [6, 6.07) is 14.4. The van der Waals surface area contributed by atoms with Crippen molar-refractivity contribution in [1.82, 2.24) is 10.2 Å². The number of methoxy groups -OCH3 is 1. The second kappa shape index (κ2) is 11.1. The van der Waals surface area contributed by atoms with Crippen molar-refractivity contribution in [3.8, 4) is 5.75 Å². The molecule has 146 valence electrons. The molecule has 0 bridgehead atoms. The lowest BCUT2D eigenvalue weighted by Gasteiger charge is -2.18. The number of amides is 1. The van der Waals surface area contributed by atoms with Gasteiger partial charge < -0.3 is 10.1 Å². The van der Waals surface area contributed by atoms with Crippen LogP contribution in [0.15, 0.2) is 46.9 Å². The molecule has 0 fully saturated rings. The van der Waals surface area contributed by atoms with Crippen molar-refractivity contribution >= 4 is 21.8 Å². The fourth-order valence-corrected chi connectivity index (χ4v) is 3.47. The van der Waals surface area contributed by atoms with Gasteiger partial charge in [-0.2, -0.15) is 0 Å². The van der Waals surface area contributed by atoms with Gasteiger partial charge in [0.2, 0.25) is 5.91 Å². The van der Waals surface area contributed by atoms with Gasteiger partial charge in [0.1, 0.15) is 5.75 Å². The zero-order chi connectivity index (χ0) is 19.6. The van der Waals surface area contributed by atoms with Crippen LogP contribution in [-0.4, -0.2) is 31.0 Å². The summed E-state index contributed by atoms with van der Waals surface area (Å²) >= 11 is 3.48. The Balaban J connectivity index is 1.77. The molecule has 0 saturated heterocycles. The molecule has 27 heavy (non-hydrogen) atoms. The molecule has 0 spiro atoms. The molecular formula is C22H29BrN2O2. The number of rotatable bonds is 10. The van der Waals surface area contributed by atoms with Crippen LogP contribution >= 0.6 is 15.9 Å². The Morgan fingerprint density at radius 1 is 1.04 bits per heavy atom. The van der Waals surface area contributed by atoms with Gasteiger partial charge in [-0.25, -0.2) is 0 Å². The molecule has 0 aromatic heterocycles. The largest absolute Gasteiger partial charge is 0.496 e. The summed E-state index contributed by atoms with van der Waals surface area (Å²) in [5.74, 6) is 0.863. The molecule has 0 aliphatic heterocycles. The molecule has 2 rings (SSSR count). The van der Waals surface area contributed by atoms with Crippen molar-refractivity contribution in [3.05, 3.63) is 63.6 Å². The minimum atomic E-state index is 0.0640. The molecule has 4 nitrogen and oxygen atoms in total. The Labute approximate surface area is 171 Å². The summed E-state index contributed by atoms with van der Waals surface area (Å²) in [6.45, 7) is 8.00. The van der Waals surface area contributed by atoms with E-state index < -0.39 is 0 Å². The van der Waals surface area contributed by atoms with Crippen LogP contribution in [0, 0.1) is 0 Å². The predicted molar refractivity (Wildman–Crippen MR) is 114 cm³/mol. The van der Waals surface area contributed by atoms with E-state index >= 15 is 0 Å². The smallest absolute Gasteiger partial charge is 0.220 e. The van der Waals surface area contributed by atoms with Crippen LogP contribution in [0.3, 0.4) is 0 Å². The van der Waals surface area contributed by atoms with Crippen LogP contribution in [0.1, 0.15) is 37.0 Å². The lowest BCUT2D eigenvalue weighted by Crippen LogP contribution is -2.23. The van der Waals surface area contributed by atoms with Gasteiger partial charge in [0.15, 0.2) is 0 Å². The number of hydrogen-bond acceptors (Lipinski definition) is 3. The SMILES string of the molecule is CCN(CC)Cc1ccc(CNC(=O)CCc2ccc(OC)c(Br)c2)cc1. The number of nitrogens with zero attached hydrogens (tertiary/aromatic N) is 1. The van der Waals surface area contributed by atoms with Gasteiger partial charge in [0.05, 0.1) is 11.6 Å². The molecule has 0 aliphatic rings. The monoisotopic (exact) mass is 432 g/mol. The molecule has 1 N–H and O–H groups in total. The minimum absolute atomic E-state index is 0.0640. The maximum absolute atomic E-state index is 12.1. The topological polar surface area (TPSA) is 41.6 Å². The number of carbonyl (C=O) groups excluding carboxylic acids is 1. The highest BCUT2D eigenvalue weighted by Crippen LogP contribution is 2.25. The number of halogens is 1. The molecule has 0 heterocycles. The summed E-state index contributed by atoms with van der Waals surface area (Å²) in [5.41, 5.74) is 3.54. The van der Waals surface area contributed by atoms with E-state index in [9.17, 15) is 4.79 Å². The highest BCUT2D eigenvalue weighted by Gasteiger charge is 2.06. The van der Waals surface area contributed by atoms with Gasteiger partial charge in [-0.3, -0.25) is 9.69 Å². The molecule has 0 radical (unpaired) electrons. The Morgan fingerprint density at radius 3 is 2.26 bits per heavy atom. The molecule has 2 aromatic carbocycles. The molecule has 0 aliphatic carbocycles. The van der Waals surface area contributed by atoms with E-state index in [0.717, 1.165) is 41.0 Å². The van der Waals surface area contributed by atoms with Gasteiger partial charge >= 0.3 is 0 Å². The van der Waals surface area contributed by atoms with Crippen LogP contribution in [-0.2, 0) is 24.3 Å². The highest BCUT2D eigenvalue weighted by molar-refractivity contribution is 9.10. The van der Waals surface area contributed by atoms with Crippen LogP contribution in [0.2, 0.25) is 0 Å². The Bertz CT molecular complexity index is 728. The zero-order valence-electron chi connectivity index (χ0n) is 16.4. The maximum atomic E-state index is 12.1. The highest BCUT2D eigenvalue weighted by atomic mass is 79.9. The maximum Gasteiger partial charge on any atom is 0.220 e. The number of nitrogens with one attached hydrogen (secondary N) is 1. The van der Waals surface area contributed by atoms with Crippen molar-refractivity contribution in [1.29, 1.82) is 0 Å². The minimum Gasteiger partial charge on any atom is -0.496 e. The number of aryl methyl sites for hydroxylation is 1. The van der Waals surface area contributed by atoms with E-state index in [2.05, 4.69) is 64.3 Å². The molecule has 5 heteroatoms. The first kappa shape index (κ1) is 21.5. The Hall–Kier alpha value is -1.85. The lowest BCUT2D eigenvalue weighted by molar-refractivity contribution is -0.121. The van der Waals surface area contributed by atoms with Crippen LogP contribution in [0.4, 0.5) is 0 Å². The van der Waals surface area contributed by atoms with E-state index in [0.29, 0.717) is 19.4 Å². The summed E-state index contributed by atoms with van der Waals surface area (Å²) in [5, 5.41) is 3.00. The average Bonchev–Trinajstić information content (AvgIpc) is 2.69. The predicted octanol–water partition coefficient (Wildman–Crippen LogP) is 4.55. The second-order valence-corrected chi connectivity index (χ2v) is 7.38. The molecule has 0 saturated carbocycles. The van der Waals surface area contributed by atoms with Crippen molar-refractivity contribution in [3.63, 3.8) is 0 Å². The summed E-state index contributed by atoms with van der Waals surface area (Å²) in [7, 11) is 1.64. The van der Waals surface area contributed by atoms with Gasteiger partial charge in [0.25, 0.3) is 0 Å². The van der Waals surface area contributed by atoms with Crippen molar-refractivity contribution < 1.29 is 9.53 Å². The number of hydrogen-bond donors (Lipinski definition) is 1. The first-order valence-corrected chi connectivity index (χ1v) is 10.2. The first-order valence-electron chi connectivity index (χ1n) is 9.45. The summed E-state index contributed by atoms with van der Waals surface area (Å²) in [4.78, 5) is 14.5. The molecular weight excluding hydrogens is 404 g/mol. The average molecular weight is 433 g/mol. The van der Waals surface area contributed by atoms with E-state index in [1.807, 2.05) is 18.2 Å². The zero-order valence-corrected chi connectivity index (χ0v) is 18.0. The molecule has 0 unspecified atom stereocenters. The number of carbonyl (C=O) groups is 1. The quantitative estimate of drug-likeness (QED) is 0.598. The van der Waals surface area contributed by atoms with Crippen LogP contribution in [0.25, 0.3) is 0 Å². The van der Waals surface area contributed by atoms with Gasteiger partial charge in [-0.05, 0) is 64.3 Å². The number of benzene rings is 2. The van der Waals surface area contributed by atoms with Gasteiger partial charge in [-0.15, -0.1) is 0 Å². The Kier molecular flexibility index (Phi) is 8.82. The van der Waals surface area contributed by atoms with Crippen LogP contribution < -0.4 is 10.1 Å². The molecule has 2 aromatic rings. The normalized spacial score (nSPS) is 10.9. The fraction of sp³-hybridized carbons (Fsp3) is 0.409. The van der Waals surface area contributed by atoms with Crippen molar-refractivity contribution in [2.24, 2.45) is 0 Å². The van der Waals surface area contributed by atoms with E-state index in [1.165, 1.54) is 5.56 Å². The van der Waals surface area contributed by atoms with Gasteiger partial charge in [0, 0.05) is 19.5 Å². The lowest BCUT2D eigenvalue weighted by atomic mass is 10.1. The third kappa shape index (κ3) is 7.00. The van der Waals surface area contributed by atoms with E-state index in [-0.39, 0.29) is 5.91 Å². The number of ether oxygens (including phenoxy) is 1. The van der Waals surface area contributed by atoms with E-state index in [1.54, 1.807) is 7.11 Å². The van der Waals surface area contributed by atoms with Gasteiger partial charge in [-0.1, -0.05) is 44.2 Å². The molecule has 1 amide bonds. The molecule has 0 atom stereocenters. The standard InChI is InChI=1S/C22H29BrN2O2/c1-4-25(5-2)16-19-8-6-18(7-9-19)15-24-22(26)13-11-17-10-12-21(27-3)20(23)14-17/h6-10,12,14H,4-5,11,13,15-16H2,1-3H3,(H,24,26). The second-order valence-electron chi connectivity index (χ2n) is 6.52. The van der Waals surface area contributed by atoms with Crippen LogP contribution in [0.5, 0.6) is 5.75 Å². The first-order chi connectivity index (χ1) is 13.0. The summed E-state index contributed by atoms with van der Waals surface area (Å²) < 4.78 is 6.14. The third-order valence-electron chi connectivity index (χ3n) is 4.67. The fourth-order valence-electron chi connectivity index (χ4n) is 2.88. The van der Waals surface area contributed by atoms with E-state index in [4.69, 9.17) is 4.74 Å². The Morgan fingerprint density at radius 2 is 1.67 bits per heavy atom. The summed E-state index contributed by atoms with van der Waals surface area (Å²) in [6.07, 6.45) is 1.18.